The second-order valence-corrected chi connectivity index (χ2v) is 7.10. The lowest BCUT2D eigenvalue weighted by Crippen LogP contribution is -2.12. The third-order valence-corrected chi connectivity index (χ3v) is 5.24. The van der Waals surface area contributed by atoms with E-state index in [1.54, 1.807) is 11.3 Å². The molecule has 2 rings (SSSR count). The summed E-state index contributed by atoms with van der Waals surface area (Å²) in [4.78, 5) is 13.5. The van der Waals surface area contributed by atoms with Crippen LogP contribution in [0.15, 0.2) is 5.38 Å². The Labute approximate surface area is 133 Å². The Morgan fingerprint density at radius 3 is 2.81 bits per heavy atom. The molecule has 0 aliphatic heterocycles. The molecule has 1 amide bonds. The van der Waals surface area contributed by atoms with Gasteiger partial charge in [-0.25, -0.2) is 0 Å². The minimum atomic E-state index is -0.0764. The number of hydrogen-bond donors (Lipinski definition) is 1. The van der Waals surface area contributed by atoms with E-state index in [-0.39, 0.29) is 5.91 Å². The quantitative estimate of drug-likeness (QED) is 0.766. The van der Waals surface area contributed by atoms with E-state index in [1.165, 1.54) is 29.1 Å². The summed E-state index contributed by atoms with van der Waals surface area (Å²) in [5, 5.41) is 14.6. The number of carbonyl (C=O) groups is 1. The molecular formula is C15H21N3OS2. The van der Waals surface area contributed by atoms with Crippen LogP contribution in [-0.2, 0) is 12.8 Å². The van der Waals surface area contributed by atoms with Crippen molar-refractivity contribution in [1.29, 1.82) is 0 Å². The van der Waals surface area contributed by atoms with Gasteiger partial charge in [-0.15, -0.1) is 21.5 Å². The van der Waals surface area contributed by atoms with Gasteiger partial charge in [-0.3, -0.25) is 10.1 Å². The Bertz CT molecular complexity index is 604. The molecule has 0 radical (unpaired) electrons. The predicted molar refractivity (Wildman–Crippen MR) is 89.5 cm³/mol. The summed E-state index contributed by atoms with van der Waals surface area (Å²) in [6, 6.07) is 0. The van der Waals surface area contributed by atoms with Crippen LogP contribution in [0.25, 0.3) is 0 Å². The molecule has 0 saturated heterocycles. The average molecular weight is 323 g/mol. The van der Waals surface area contributed by atoms with Crippen LogP contribution in [0.2, 0.25) is 0 Å². The van der Waals surface area contributed by atoms with Crippen molar-refractivity contribution in [3.05, 3.63) is 26.4 Å². The molecule has 0 fully saturated rings. The van der Waals surface area contributed by atoms with Crippen molar-refractivity contribution in [2.24, 2.45) is 0 Å². The van der Waals surface area contributed by atoms with Crippen molar-refractivity contribution in [2.45, 2.75) is 52.9 Å². The van der Waals surface area contributed by atoms with E-state index < -0.39 is 0 Å². The van der Waals surface area contributed by atoms with E-state index in [0.29, 0.717) is 5.13 Å². The average Bonchev–Trinajstić information content (AvgIpc) is 3.05. The minimum Gasteiger partial charge on any atom is -0.296 e. The molecule has 0 unspecified atom stereocenters. The predicted octanol–water partition coefficient (Wildman–Crippen LogP) is 4.46. The van der Waals surface area contributed by atoms with E-state index in [2.05, 4.69) is 36.3 Å². The third-order valence-electron chi connectivity index (χ3n) is 3.38. The number of unbranched alkanes of at least 4 members (excludes halogenated alkanes) is 2. The van der Waals surface area contributed by atoms with E-state index in [1.807, 2.05) is 5.38 Å². The molecule has 0 aromatic carbocycles. The number of thiophene rings is 1. The summed E-state index contributed by atoms with van der Waals surface area (Å²) < 4.78 is 0. The Morgan fingerprint density at radius 1 is 1.29 bits per heavy atom. The van der Waals surface area contributed by atoms with Gasteiger partial charge in [-0.05, 0) is 25.3 Å². The highest BCUT2D eigenvalue weighted by molar-refractivity contribution is 7.15. The molecule has 21 heavy (non-hydrogen) atoms. The number of carbonyl (C=O) groups excluding carboxylic acids is 1. The summed E-state index contributed by atoms with van der Waals surface area (Å²) in [5.74, 6) is -0.0764. The Balaban J connectivity index is 1.99. The van der Waals surface area contributed by atoms with Crippen LogP contribution >= 0.6 is 22.7 Å². The monoisotopic (exact) mass is 323 g/mol. The number of hydrogen-bond acceptors (Lipinski definition) is 5. The van der Waals surface area contributed by atoms with Crippen LogP contribution in [0.4, 0.5) is 5.13 Å². The maximum atomic E-state index is 12.3. The third kappa shape index (κ3) is 4.11. The molecule has 0 saturated carbocycles. The van der Waals surface area contributed by atoms with Crippen molar-refractivity contribution in [3.8, 4) is 0 Å². The van der Waals surface area contributed by atoms with Crippen LogP contribution in [-0.4, -0.2) is 16.1 Å². The molecular weight excluding hydrogens is 302 g/mol. The van der Waals surface area contributed by atoms with Crippen molar-refractivity contribution in [3.63, 3.8) is 0 Å². The lowest BCUT2D eigenvalue weighted by molar-refractivity contribution is 0.102. The normalized spacial score (nSPS) is 10.8. The molecule has 0 spiro atoms. The van der Waals surface area contributed by atoms with Crippen molar-refractivity contribution >= 4 is 33.7 Å². The highest BCUT2D eigenvalue weighted by atomic mass is 32.1. The van der Waals surface area contributed by atoms with Gasteiger partial charge in [-0.1, -0.05) is 38.0 Å². The standard InChI is InChI=1S/C15H21N3OS2/c1-4-6-7-8-13-17-18-15(21-13)16-14(19)12-9-20-10(3)11(12)5-2/h9H,4-8H2,1-3H3,(H,16,18,19). The number of nitrogens with one attached hydrogen (secondary N) is 1. The molecule has 6 heteroatoms. The Kier molecular flexibility index (Phi) is 5.87. The fourth-order valence-corrected chi connectivity index (χ4v) is 3.92. The van der Waals surface area contributed by atoms with Crippen molar-refractivity contribution < 1.29 is 4.79 Å². The first-order valence-electron chi connectivity index (χ1n) is 7.36. The van der Waals surface area contributed by atoms with Gasteiger partial charge in [0.15, 0.2) is 0 Å². The van der Waals surface area contributed by atoms with E-state index in [4.69, 9.17) is 0 Å². The molecule has 2 heterocycles. The Hall–Kier alpha value is -1.27. The molecule has 114 valence electrons. The molecule has 1 N–H and O–H groups in total. The van der Waals surface area contributed by atoms with E-state index in [0.717, 1.165) is 35.4 Å². The van der Waals surface area contributed by atoms with Crippen LogP contribution < -0.4 is 5.32 Å². The summed E-state index contributed by atoms with van der Waals surface area (Å²) in [7, 11) is 0. The number of rotatable bonds is 7. The zero-order valence-corrected chi connectivity index (χ0v) is 14.4. The molecule has 0 aliphatic carbocycles. The second kappa shape index (κ2) is 7.66. The van der Waals surface area contributed by atoms with Gasteiger partial charge in [0.25, 0.3) is 5.91 Å². The topological polar surface area (TPSA) is 54.9 Å². The van der Waals surface area contributed by atoms with Crippen molar-refractivity contribution in [2.75, 3.05) is 5.32 Å². The number of amides is 1. The van der Waals surface area contributed by atoms with Crippen LogP contribution in [0, 0.1) is 6.92 Å². The van der Waals surface area contributed by atoms with Gasteiger partial charge in [0, 0.05) is 16.7 Å². The first kappa shape index (κ1) is 16.1. The highest BCUT2D eigenvalue weighted by Crippen LogP contribution is 2.24. The van der Waals surface area contributed by atoms with E-state index in [9.17, 15) is 4.79 Å². The summed E-state index contributed by atoms with van der Waals surface area (Å²) >= 11 is 3.10. The first-order valence-corrected chi connectivity index (χ1v) is 9.06. The smallest absolute Gasteiger partial charge is 0.258 e. The molecule has 0 atom stereocenters. The van der Waals surface area contributed by atoms with Gasteiger partial charge >= 0.3 is 0 Å². The maximum Gasteiger partial charge on any atom is 0.258 e. The number of nitrogens with zero attached hydrogens (tertiary/aromatic N) is 2. The van der Waals surface area contributed by atoms with Crippen LogP contribution in [0.5, 0.6) is 0 Å². The van der Waals surface area contributed by atoms with Crippen molar-refractivity contribution in [1.82, 2.24) is 10.2 Å². The molecule has 4 nitrogen and oxygen atoms in total. The molecule has 2 aromatic heterocycles. The fourth-order valence-electron chi connectivity index (χ4n) is 2.21. The van der Waals surface area contributed by atoms with Gasteiger partial charge in [0.05, 0.1) is 5.56 Å². The van der Waals surface area contributed by atoms with Gasteiger partial charge < -0.3 is 0 Å². The van der Waals surface area contributed by atoms with E-state index >= 15 is 0 Å². The van der Waals surface area contributed by atoms with Crippen LogP contribution in [0.3, 0.4) is 0 Å². The number of aryl methyl sites for hydroxylation is 2. The second-order valence-electron chi connectivity index (χ2n) is 4.95. The Morgan fingerprint density at radius 2 is 2.10 bits per heavy atom. The fraction of sp³-hybridized carbons (Fsp3) is 0.533. The van der Waals surface area contributed by atoms with Gasteiger partial charge in [0.1, 0.15) is 5.01 Å². The zero-order valence-electron chi connectivity index (χ0n) is 12.7. The molecule has 0 bridgehead atoms. The number of anilines is 1. The lowest BCUT2D eigenvalue weighted by atomic mass is 10.1. The highest BCUT2D eigenvalue weighted by Gasteiger charge is 2.16. The number of aromatic nitrogens is 2. The maximum absolute atomic E-state index is 12.3. The molecule has 0 aliphatic rings. The largest absolute Gasteiger partial charge is 0.296 e. The van der Waals surface area contributed by atoms with Crippen LogP contribution in [0.1, 0.15) is 58.9 Å². The summed E-state index contributed by atoms with van der Waals surface area (Å²) in [6.45, 7) is 6.31. The zero-order chi connectivity index (χ0) is 15.2. The first-order chi connectivity index (χ1) is 10.2. The lowest BCUT2D eigenvalue weighted by Gasteiger charge is -2.02. The summed E-state index contributed by atoms with van der Waals surface area (Å²) in [6.07, 6.45) is 5.34. The SMILES string of the molecule is CCCCCc1nnc(NC(=O)c2csc(C)c2CC)s1. The van der Waals surface area contributed by atoms with Gasteiger partial charge in [-0.2, -0.15) is 0 Å². The van der Waals surface area contributed by atoms with Gasteiger partial charge in [0.2, 0.25) is 5.13 Å². The minimum absolute atomic E-state index is 0.0764. The molecule has 2 aromatic rings. The summed E-state index contributed by atoms with van der Waals surface area (Å²) in [5.41, 5.74) is 1.90.